The van der Waals surface area contributed by atoms with E-state index in [2.05, 4.69) is 25.0 Å². The van der Waals surface area contributed by atoms with Gasteiger partial charge in [-0.2, -0.15) is 0 Å². The molecule has 0 atom stereocenters. The molecule has 1 aliphatic rings. The smallest absolute Gasteiger partial charge is 0.332 e. The second-order valence-corrected chi connectivity index (χ2v) is 8.80. The number of nitrogens with two attached hydrogens (primary N) is 1. The third kappa shape index (κ3) is 4.53. The summed E-state index contributed by atoms with van der Waals surface area (Å²) in [5.74, 6) is 1.03. The highest BCUT2D eigenvalue weighted by Gasteiger charge is 2.22. The number of hydrogen-bond acceptors (Lipinski definition) is 9. The van der Waals surface area contributed by atoms with Gasteiger partial charge >= 0.3 is 5.22 Å². The standard InChI is InChI=1S/C19H24N6O4S/c1-2-23-30(26,27)19-22-11-16(29-19)24-18-21-10-12-4-3-5-15(17(12)25-18)28-14-8-6-13(20)7-9-14/h3-5,10-11,13-14,23H,2,6-9,20H2,1H3,(H,21,24,25). The van der Waals surface area contributed by atoms with Gasteiger partial charge in [0.2, 0.25) is 11.8 Å². The fourth-order valence-corrected chi connectivity index (χ4v) is 4.27. The molecular formula is C19H24N6O4S. The molecule has 1 saturated carbocycles. The minimum atomic E-state index is -3.78. The fraction of sp³-hybridized carbons (Fsp3) is 0.421. The zero-order valence-electron chi connectivity index (χ0n) is 16.5. The fourth-order valence-electron chi connectivity index (χ4n) is 3.37. The van der Waals surface area contributed by atoms with E-state index < -0.39 is 15.2 Å². The molecule has 30 heavy (non-hydrogen) atoms. The molecule has 0 bridgehead atoms. The molecular weight excluding hydrogens is 408 g/mol. The average molecular weight is 433 g/mol. The van der Waals surface area contributed by atoms with E-state index in [0.717, 1.165) is 31.1 Å². The topological polar surface area (TPSA) is 145 Å². The highest BCUT2D eigenvalue weighted by Crippen LogP contribution is 2.29. The van der Waals surface area contributed by atoms with Crippen molar-refractivity contribution in [3.8, 4) is 5.75 Å². The molecule has 4 N–H and O–H groups in total. The molecule has 1 aromatic carbocycles. The number of oxazole rings is 1. The molecule has 2 heterocycles. The zero-order valence-corrected chi connectivity index (χ0v) is 17.4. The van der Waals surface area contributed by atoms with Gasteiger partial charge < -0.3 is 14.9 Å². The van der Waals surface area contributed by atoms with Crippen molar-refractivity contribution in [2.75, 3.05) is 11.9 Å². The Kier molecular flexibility index (Phi) is 5.84. The predicted octanol–water partition coefficient (Wildman–Crippen LogP) is 2.31. The van der Waals surface area contributed by atoms with Crippen LogP contribution >= 0.6 is 0 Å². The van der Waals surface area contributed by atoms with E-state index in [0.29, 0.717) is 11.3 Å². The number of rotatable bonds is 7. The van der Waals surface area contributed by atoms with Crippen LogP contribution in [0.1, 0.15) is 32.6 Å². The summed E-state index contributed by atoms with van der Waals surface area (Å²) in [5.41, 5.74) is 6.64. The highest BCUT2D eigenvalue weighted by atomic mass is 32.2. The third-order valence-electron chi connectivity index (χ3n) is 4.87. The van der Waals surface area contributed by atoms with Gasteiger partial charge in [0.05, 0.1) is 12.3 Å². The quantitative estimate of drug-likeness (QED) is 0.512. The summed E-state index contributed by atoms with van der Waals surface area (Å²) >= 11 is 0. The number of anilines is 2. The maximum absolute atomic E-state index is 12.0. The van der Waals surface area contributed by atoms with E-state index in [9.17, 15) is 8.42 Å². The predicted molar refractivity (Wildman–Crippen MR) is 111 cm³/mol. The Labute approximate surface area is 174 Å². The van der Waals surface area contributed by atoms with Crippen molar-refractivity contribution in [3.05, 3.63) is 30.6 Å². The van der Waals surface area contributed by atoms with Crippen molar-refractivity contribution in [2.24, 2.45) is 5.73 Å². The van der Waals surface area contributed by atoms with Crippen LogP contribution in [0.2, 0.25) is 0 Å². The minimum absolute atomic E-state index is 0.106. The SMILES string of the molecule is CCNS(=O)(=O)c1ncc(Nc2ncc3cccc(OC4CCC(N)CC4)c3n2)o1. The van der Waals surface area contributed by atoms with Crippen LogP contribution in [-0.4, -0.2) is 42.1 Å². The molecule has 0 amide bonds. The number of nitrogens with zero attached hydrogens (tertiary/aromatic N) is 3. The van der Waals surface area contributed by atoms with Crippen molar-refractivity contribution in [2.45, 2.75) is 50.0 Å². The largest absolute Gasteiger partial charge is 0.488 e. The molecule has 0 saturated heterocycles. The second-order valence-electron chi connectivity index (χ2n) is 7.16. The minimum Gasteiger partial charge on any atom is -0.488 e. The van der Waals surface area contributed by atoms with E-state index in [1.165, 1.54) is 6.20 Å². The lowest BCUT2D eigenvalue weighted by Gasteiger charge is -2.27. The van der Waals surface area contributed by atoms with Gasteiger partial charge in [-0.15, -0.1) is 0 Å². The molecule has 1 aliphatic carbocycles. The van der Waals surface area contributed by atoms with Crippen LogP contribution in [0.15, 0.2) is 40.2 Å². The monoisotopic (exact) mass is 432 g/mol. The van der Waals surface area contributed by atoms with Crippen LogP contribution < -0.4 is 20.5 Å². The van der Waals surface area contributed by atoms with Crippen molar-refractivity contribution < 1.29 is 17.6 Å². The summed E-state index contributed by atoms with van der Waals surface area (Å²) in [5, 5.41) is 3.26. The Hall–Kier alpha value is -2.76. The molecule has 160 valence electrons. The molecule has 11 heteroatoms. The van der Waals surface area contributed by atoms with E-state index in [-0.39, 0.29) is 30.5 Å². The Morgan fingerprint density at radius 1 is 1.20 bits per heavy atom. The lowest BCUT2D eigenvalue weighted by atomic mass is 9.94. The molecule has 0 spiro atoms. The Morgan fingerprint density at radius 2 is 2.00 bits per heavy atom. The summed E-state index contributed by atoms with van der Waals surface area (Å²) in [4.78, 5) is 12.6. The molecule has 0 unspecified atom stereocenters. The lowest BCUT2D eigenvalue weighted by Crippen LogP contribution is -2.31. The zero-order chi connectivity index (χ0) is 21.1. The number of aromatic nitrogens is 3. The van der Waals surface area contributed by atoms with E-state index in [4.69, 9.17) is 14.9 Å². The first-order valence-corrected chi connectivity index (χ1v) is 11.3. The first-order chi connectivity index (χ1) is 14.4. The molecule has 1 fully saturated rings. The van der Waals surface area contributed by atoms with Gasteiger partial charge in [-0.3, -0.25) is 5.32 Å². The van der Waals surface area contributed by atoms with Gasteiger partial charge in [0.15, 0.2) is 0 Å². The summed E-state index contributed by atoms with van der Waals surface area (Å²) < 4.78 is 37.8. The summed E-state index contributed by atoms with van der Waals surface area (Å²) in [6.45, 7) is 1.90. The first-order valence-electron chi connectivity index (χ1n) is 9.85. The first kappa shape index (κ1) is 20.5. The molecule has 2 aromatic heterocycles. The number of nitrogens with one attached hydrogen (secondary N) is 2. The van der Waals surface area contributed by atoms with E-state index >= 15 is 0 Å². The highest BCUT2D eigenvalue weighted by molar-refractivity contribution is 7.89. The van der Waals surface area contributed by atoms with Gasteiger partial charge in [-0.1, -0.05) is 19.1 Å². The molecule has 10 nitrogen and oxygen atoms in total. The maximum Gasteiger partial charge on any atom is 0.332 e. The van der Waals surface area contributed by atoms with Gasteiger partial charge in [0.25, 0.3) is 10.0 Å². The normalized spacial score (nSPS) is 19.7. The van der Waals surface area contributed by atoms with Crippen LogP contribution in [-0.2, 0) is 10.0 Å². The molecule has 3 aromatic rings. The van der Waals surface area contributed by atoms with Crippen molar-refractivity contribution in [1.29, 1.82) is 0 Å². The summed E-state index contributed by atoms with van der Waals surface area (Å²) in [6.07, 6.45) is 6.76. The maximum atomic E-state index is 12.0. The number of sulfonamides is 1. The Morgan fingerprint density at radius 3 is 2.77 bits per heavy atom. The second kappa shape index (κ2) is 8.54. The summed E-state index contributed by atoms with van der Waals surface area (Å²) in [7, 11) is -3.78. The number of ether oxygens (including phenoxy) is 1. The van der Waals surface area contributed by atoms with Crippen LogP contribution in [0.4, 0.5) is 11.8 Å². The van der Waals surface area contributed by atoms with Crippen LogP contribution in [0.25, 0.3) is 10.9 Å². The van der Waals surface area contributed by atoms with Gasteiger partial charge in [-0.25, -0.2) is 28.1 Å². The molecule has 0 aliphatic heterocycles. The van der Waals surface area contributed by atoms with E-state index in [1.807, 2.05) is 18.2 Å². The Balaban J connectivity index is 1.55. The third-order valence-corrected chi connectivity index (χ3v) is 6.19. The van der Waals surface area contributed by atoms with Crippen LogP contribution in [0.3, 0.4) is 0 Å². The number of hydrogen-bond donors (Lipinski definition) is 3. The number of benzene rings is 1. The van der Waals surface area contributed by atoms with Crippen molar-refractivity contribution >= 4 is 32.8 Å². The average Bonchev–Trinajstić information content (AvgIpc) is 3.20. The number of para-hydroxylation sites is 1. The molecule has 4 rings (SSSR count). The van der Waals surface area contributed by atoms with Gasteiger partial charge in [0, 0.05) is 24.2 Å². The summed E-state index contributed by atoms with van der Waals surface area (Å²) in [6, 6.07) is 5.93. The Bertz CT molecular complexity index is 1130. The lowest BCUT2D eigenvalue weighted by molar-refractivity contribution is 0.149. The number of fused-ring (bicyclic) bond motifs is 1. The van der Waals surface area contributed by atoms with Gasteiger partial charge in [-0.05, 0) is 31.7 Å². The van der Waals surface area contributed by atoms with Crippen LogP contribution in [0.5, 0.6) is 5.75 Å². The molecule has 0 radical (unpaired) electrons. The van der Waals surface area contributed by atoms with Crippen LogP contribution in [0, 0.1) is 0 Å². The van der Waals surface area contributed by atoms with Gasteiger partial charge in [0.1, 0.15) is 11.3 Å². The van der Waals surface area contributed by atoms with Crippen molar-refractivity contribution in [1.82, 2.24) is 19.7 Å². The van der Waals surface area contributed by atoms with E-state index in [1.54, 1.807) is 13.1 Å². The van der Waals surface area contributed by atoms with Crippen molar-refractivity contribution in [3.63, 3.8) is 0 Å².